The van der Waals surface area contributed by atoms with E-state index < -0.39 is 0 Å². The number of benzene rings is 2. The highest BCUT2D eigenvalue weighted by Gasteiger charge is 2.17. The summed E-state index contributed by atoms with van der Waals surface area (Å²) in [6.07, 6.45) is 21.0. The number of phenolic OH excluding ortho intramolecular Hbond substituents is 1. The monoisotopic (exact) mass is 562 g/mol. The first-order valence-corrected chi connectivity index (χ1v) is 15.5. The number of amides is 2. The van der Waals surface area contributed by atoms with Crippen LogP contribution in [0.1, 0.15) is 115 Å². The Morgan fingerprint density at radius 1 is 0.763 bits per heavy atom. The molecule has 0 heterocycles. The number of para-hydroxylation sites is 1. The fourth-order valence-electron chi connectivity index (χ4n) is 4.77. The molecule has 2 aromatic rings. The summed E-state index contributed by atoms with van der Waals surface area (Å²) in [5.41, 5.74) is 1.28. The number of carbonyl (C=O) groups excluding carboxylic acids is 1. The Hall–Kier alpha value is -1.91. The Morgan fingerprint density at radius 3 is 1.79 bits per heavy atom. The maximum atomic E-state index is 13.1. The predicted octanol–water partition coefficient (Wildman–Crippen LogP) is 11.0. The van der Waals surface area contributed by atoms with E-state index in [1.807, 2.05) is 30.3 Å². The lowest BCUT2D eigenvalue weighted by Gasteiger charge is -2.24. The third kappa shape index (κ3) is 13.8. The van der Waals surface area contributed by atoms with Crippen molar-refractivity contribution >= 4 is 34.9 Å². The molecule has 2 amide bonds. The molecule has 0 saturated carbocycles. The smallest absolute Gasteiger partial charge is 0.322 e. The number of anilines is 1. The van der Waals surface area contributed by atoms with Gasteiger partial charge < -0.3 is 15.3 Å². The average Bonchev–Trinajstić information content (AvgIpc) is 2.90. The molecule has 2 rings (SSSR count). The number of aromatic hydroxyl groups is 1. The minimum atomic E-state index is -0.201. The first-order chi connectivity index (χ1) is 18.5. The number of rotatable bonds is 20. The van der Waals surface area contributed by atoms with E-state index in [4.69, 9.17) is 23.2 Å². The molecule has 4 nitrogen and oxygen atoms in total. The van der Waals surface area contributed by atoms with Crippen LogP contribution in [-0.4, -0.2) is 22.6 Å². The summed E-state index contributed by atoms with van der Waals surface area (Å²) < 4.78 is 0. The average molecular weight is 564 g/mol. The van der Waals surface area contributed by atoms with Gasteiger partial charge in [0.05, 0.1) is 11.6 Å². The fraction of sp³-hybridized carbons (Fsp3) is 0.594. The van der Waals surface area contributed by atoms with Crippen LogP contribution in [0.3, 0.4) is 0 Å². The molecule has 0 saturated heterocycles. The van der Waals surface area contributed by atoms with Crippen molar-refractivity contribution in [1.29, 1.82) is 0 Å². The van der Waals surface area contributed by atoms with Crippen LogP contribution in [0.25, 0.3) is 0 Å². The predicted molar refractivity (Wildman–Crippen MR) is 164 cm³/mol. The highest BCUT2D eigenvalue weighted by molar-refractivity contribution is 6.35. The number of phenols is 1. The first kappa shape index (κ1) is 32.3. The summed E-state index contributed by atoms with van der Waals surface area (Å²) in [7, 11) is 0. The Labute approximate surface area is 241 Å². The highest BCUT2D eigenvalue weighted by Crippen LogP contribution is 2.32. The van der Waals surface area contributed by atoms with Gasteiger partial charge in [0.25, 0.3) is 0 Å². The summed E-state index contributed by atoms with van der Waals surface area (Å²) >= 11 is 12.3. The van der Waals surface area contributed by atoms with Crippen molar-refractivity contribution in [3.05, 3.63) is 58.1 Å². The summed E-state index contributed by atoms with van der Waals surface area (Å²) in [6.45, 7) is 3.11. The van der Waals surface area contributed by atoms with Crippen molar-refractivity contribution in [1.82, 2.24) is 4.90 Å². The molecule has 0 bridgehead atoms. The SMILES string of the molecule is CCCCCCCCCCCCCCCCCCN(Cc1cc(Cl)cc(Cl)c1O)C(=O)Nc1ccccc1. The minimum absolute atomic E-state index is 0.0273. The van der Waals surface area contributed by atoms with E-state index in [1.54, 1.807) is 11.0 Å². The molecule has 0 aliphatic carbocycles. The highest BCUT2D eigenvalue weighted by atomic mass is 35.5. The van der Waals surface area contributed by atoms with Crippen LogP contribution in [0.2, 0.25) is 10.0 Å². The van der Waals surface area contributed by atoms with Gasteiger partial charge in [-0.3, -0.25) is 0 Å². The molecule has 0 aliphatic heterocycles. The summed E-state index contributed by atoms with van der Waals surface area (Å²) in [5.74, 6) is -0.0273. The second kappa shape index (κ2) is 20.1. The van der Waals surface area contributed by atoms with E-state index in [0.29, 0.717) is 17.1 Å². The quantitative estimate of drug-likeness (QED) is 0.157. The van der Waals surface area contributed by atoms with Gasteiger partial charge in [-0.15, -0.1) is 0 Å². The number of hydrogen-bond acceptors (Lipinski definition) is 2. The summed E-state index contributed by atoms with van der Waals surface area (Å²) in [6, 6.07) is 12.4. The third-order valence-electron chi connectivity index (χ3n) is 7.06. The molecule has 0 fully saturated rings. The van der Waals surface area contributed by atoms with Crippen molar-refractivity contribution in [2.24, 2.45) is 0 Å². The Balaban J connectivity index is 1.65. The molecule has 6 heteroatoms. The Kier molecular flexibility index (Phi) is 17.1. The zero-order chi connectivity index (χ0) is 27.4. The molecule has 0 aromatic heterocycles. The minimum Gasteiger partial charge on any atom is -0.506 e. The van der Waals surface area contributed by atoms with E-state index >= 15 is 0 Å². The molecular formula is C32H48Cl2N2O2. The Morgan fingerprint density at radius 2 is 1.26 bits per heavy atom. The van der Waals surface area contributed by atoms with Crippen LogP contribution in [-0.2, 0) is 6.54 Å². The standard InChI is InChI=1S/C32H48Cl2N2O2/c1-2-3-4-5-6-7-8-9-10-11-12-13-14-15-16-20-23-36(32(38)35-29-21-18-17-19-22-29)26-27-24-28(33)25-30(34)31(27)37/h17-19,21-22,24-25,37H,2-16,20,23,26H2,1H3,(H,35,38). The number of urea groups is 1. The van der Waals surface area contributed by atoms with Crippen LogP contribution in [0.4, 0.5) is 10.5 Å². The van der Waals surface area contributed by atoms with Crippen molar-refractivity contribution in [2.75, 3.05) is 11.9 Å². The fourth-order valence-corrected chi connectivity index (χ4v) is 5.31. The first-order valence-electron chi connectivity index (χ1n) is 14.8. The molecule has 0 atom stereocenters. The van der Waals surface area contributed by atoms with Gasteiger partial charge in [-0.05, 0) is 30.7 Å². The van der Waals surface area contributed by atoms with Crippen LogP contribution in [0, 0.1) is 0 Å². The van der Waals surface area contributed by atoms with Gasteiger partial charge in [-0.2, -0.15) is 0 Å². The largest absolute Gasteiger partial charge is 0.506 e. The normalized spacial score (nSPS) is 11.0. The lowest BCUT2D eigenvalue weighted by atomic mass is 10.0. The lowest BCUT2D eigenvalue weighted by molar-refractivity contribution is 0.207. The van der Waals surface area contributed by atoms with Crippen LogP contribution in [0.5, 0.6) is 5.75 Å². The number of nitrogens with zero attached hydrogens (tertiary/aromatic N) is 1. The molecule has 2 aromatic carbocycles. The van der Waals surface area contributed by atoms with Crippen molar-refractivity contribution in [3.63, 3.8) is 0 Å². The number of hydrogen-bond donors (Lipinski definition) is 2. The summed E-state index contributed by atoms with van der Waals surface area (Å²) in [4.78, 5) is 14.8. The van der Waals surface area contributed by atoms with E-state index in [9.17, 15) is 9.90 Å². The number of unbranched alkanes of at least 4 members (excludes halogenated alkanes) is 15. The molecule has 0 aliphatic rings. The van der Waals surface area contributed by atoms with Gasteiger partial charge in [0.2, 0.25) is 0 Å². The maximum Gasteiger partial charge on any atom is 0.322 e. The van der Waals surface area contributed by atoms with Crippen molar-refractivity contribution < 1.29 is 9.90 Å². The molecule has 2 N–H and O–H groups in total. The van der Waals surface area contributed by atoms with Crippen LogP contribution in [0.15, 0.2) is 42.5 Å². The molecule has 0 unspecified atom stereocenters. The van der Waals surface area contributed by atoms with Crippen LogP contribution >= 0.6 is 23.2 Å². The zero-order valence-corrected chi connectivity index (χ0v) is 24.8. The zero-order valence-electron chi connectivity index (χ0n) is 23.3. The lowest BCUT2D eigenvalue weighted by Crippen LogP contribution is -2.35. The van der Waals surface area contributed by atoms with Crippen molar-refractivity contribution in [2.45, 2.75) is 116 Å². The van der Waals surface area contributed by atoms with E-state index in [2.05, 4.69) is 12.2 Å². The van der Waals surface area contributed by atoms with E-state index in [-0.39, 0.29) is 23.3 Å². The van der Waals surface area contributed by atoms with Gasteiger partial charge in [-0.25, -0.2) is 4.79 Å². The number of carbonyl (C=O) groups is 1. The topological polar surface area (TPSA) is 52.6 Å². The number of halogens is 2. The van der Waals surface area contributed by atoms with Gasteiger partial charge in [0, 0.05) is 22.8 Å². The molecule has 0 spiro atoms. The molecular weight excluding hydrogens is 515 g/mol. The van der Waals surface area contributed by atoms with Crippen LogP contribution < -0.4 is 5.32 Å². The molecule has 0 radical (unpaired) electrons. The summed E-state index contributed by atoms with van der Waals surface area (Å²) in [5, 5.41) is 14.0. The molecule has 212 valence electrons. The van der Waals surface area contributed by atoms with Gasteiger partial charge in [-0.1, -0.05) is 145 Å². The van der Waals surface area contributed by atoms with E-state index in [1.165, 1.54) is 96.0 Å². The second-order valence-electron chi connectivity index (χ2n) is 10.4. The second-order valence-corrected chi connectivity index (χ2v) is 11.3. The van der Waals surface area contributed by atoms with E-state index in [0.717, 1.165) is 18.5 Å². The third-order valence-corrected chi connectivity index (χ3v) is 7.57. The maximum absolute atomic E-state index is 13.1. The van der Waals surface area contributed by atoms with Gasteiger partial charge in [0.1, 0.15) is 5.75 Å². The van der Waals surface area contributed by atoms with Gasteiger partial charge in [0.15, 0.2) is 0 Å². The Bertz CT molecular complexity index is 908. The molecule has 38 heavy (non-hydrogen) atoms. The number of nitrogens with one attached hydrogen (secondary N) is 1. The van der Waals surface area contributed by atoms with Gasteiger partial charge >= 0.3 is 6.03 Å². The van der Waals surface area contributed by atoms with Crippen molar-refractivity contribution in [3.8, 4) is 5.75 Å².